The maximum absolute atomic E-state index is 12.3. The summed E-state index contributed by atoms with van der Waals surface area (Å²) >= 11 is 0. The van der Waals surface area contributed by atoms with Gasteiger partial charge >= 0.3 is 18.0 Å². The number of carbonyl (C=O) groups excluding carboxylic acids is 1. The molecule has 0 saturated heterocycles. The molecule has 0 unspecified atom stereocenters. The van der Waals surface area contributed by atoms with E-state index in [1.165, 1.54) is 24.3 Å². The molecule has 5 aromatic rings. The molecule has 0 aliphatic rings. The van der Waals surface area contributed by atoms with E-state index in [0.29, 0.717) is 37.1 Å². The van der Waals surface area contributed by atoms with Crippen LogP contribution >= 0.6 is 0 Å². The zero-order valence-corrected chi connectivity index (χ0v) is 26.6. The van der Waals surface area contributed by atoms with Crippen LogP contribution in [0.1, 0.15) is 49.9 Å². The van der Waals surface area contributed by atoms with Crippen LogP contribution in [0.2, 0.25) is 0 Å². The lowest BCUT2D eigenvalue weighted by Gasteiger charge is -2.10. The number of urea groups is 1. The van der Waals surface area contributed by atoms with Crippen molar-refractivity contribution in [2.75, 3.05) is 6.54 Å². The van der Waals surface area contributed by atoms with E-state index in [2.05, 4.69) is 10.3 Å². The van der Waals surface area contributed by atoms with Crippen LogP contribution in [-0.2, 0) is 29.4 Å². The molecule has 1 aromatic heterocycles. The Morgan fingerprint density at radius 3 is 2.04 bits per heavy atom. The minimum absolute atomic E-state index is 0.00691. The van der Waals surface area contributed by atoms with Crippen molar-refractivity contribution in [3.63, 3.8) is 0 Å². The molecule has 0 aliphatic heterocycles. The number of para-hydroxylation sites is 2. The van der Waals surface area contributed by atoms with Gasteiger partial charge in [0, 0.05) is 18.8 Å². The molecular formula is C34H35N5O7S. The average Bonchev–Trinajstić information content (AvgIpc) is 3.49. The number of nitrogens with zero attached hydrogens (tertiary/aromatic N) is 2. The number of carbonyl (C=O) groups is 3. The maximum Gasteiger partial charge on any atom is 0.335 e. The molecule has 1 heterocycles. The summed E-state index contributed by atoms with van der Waals surface area (Å²) in [6.45, 7) is 4.02. The molecule has 2 amide bonds. The Hall–Kier alpha value is -5.53. The highest BCUT2D eigenvalue weighted by Crippen LogP contribution is 2.20. The number of aromatic carboxylic acids is 2. The fraction of sp³-hybridized carbons (Fsp3) is 0.176. The van der Waals surface area contributed by atoms with Crippen LogP contribution in [0.3, 0.4) is 0 Å². The first kappa shape index (κ1) is 34.3. The minimum atomic E-state index is -3.94. The van der Waals surface area contributed by atoms with Gasteiger partial charge in [0.2, 0.25) is 0 Å². The van der Waals surface area contributed by atoms with Crippen molar-refractivity contribution in [3.05, 3.63) is 125 Å². The number of aryl methyl sites for hydroxylation is 1. The van der Waals surface area contributed by atoms with E-state index >= 15 is 0 Å². The van der Waals surface area contributed by atoms with E-state index in [9.17, 15) is 22.8 Å². The Morgan fingerprint density at radius 2 is 1.47 bits per heavy atom. The first-order valence-electron chi connectivity index (χ1n) is 14.6. The third-order valence-corrected chi connectivity index (χ3v) is 8.62. The predicted molar refractivity (Wildman–Crippen MR) is 177 cm³/mol. The lowest BCUT2D eigenvalue weighted by molar-refractivity contribution is 0.0695. The standard InChI is InChI=1S/C23H23N5O3S.C11H12O4/c24-15-18-7-11-20(12-8-18)32(30,31)27-23(29)25-14-13-17-5-9-19(10-6-17)28-16-26-21-3-1-2-4-22(21)28;1-3-7-8(10(12)13)4-6(2)5-9(7)11(14)15/h1-12,16H,13-15,24H2,(H2,25,27,29);4-5H,3H2,1-2H3,(H,12,13)(H,14,15). The van der Waals surface area contributed by atoms with Crippen molar-refractivity contribution in [3.8, 4) is 5.69 Å². The van der Waals surface area contributed by atoms with Gasteiger partial charge in [-0.2, -0.15) is 0 Å². The molecule has 0 spiro atoms. The van der Waals surface area contributed by atoms with Gasteiger partial charge in [0.25, 0.3) is 10.0 Å². The molecule has 0 radical (unpaired) electrons. The van der Waals surface area contributed by atoms with Crippen molar-refractivity contribution in [1.29, 1.82) is 0 Å². The van der Waals surface area contributed by atoms with Crippen molar-refractivity contribution >= 4 is 39.0 Å². The summed E-state index contributed by atoms with van der Waals surface area (Å²) in [5.41, 5.74) is 11.4. The number of hydrogen-bond donors (Lipinski definition) is 5. The van der Waals surface area contributed by atoms with Gasteiger partial charge in [0.15, 0.2) is 0 Å². The van der Waals surface area contributed by atoms with Crippen molar-refractivity contribution in [2.24, 2.45) is 5.73 Å². The molecular weight excluding hydrogens is 622 g/mol. The summed E-state index contributed by atoms with van der Waals surface area (Å²) in [5, 5.41) is 20.5. The highest BCUT2D eigenvalue weighted by atomic mass is 32.2. The second-order valence-corrected chi connectivity index (χ2v) is 12.2. The van der Waals surface area contributed by atoms with Crippen LogP contribution in [0.15, 0.2) is 96.2 Å². The van der Waals surface area contributed by atoms with Gasteiger partial charge < -0.3 is 21.3 Å². The van der Waals surface area contributed by atoms with Gasteiger partial charge in [-0.1, -0.05) is 43.3 Å². The summed E-state index contributed by atoms with van der Waals surface area (Å²) in [5.74, 6) is -2.17. The SMILES string of the molecule is CCc1c(C(=O)O)cc(C)cc1C(=O)O.NCc1ccc(S(=O)(=O)NC(=O)NCCc2ccc(-n3cnc4ccccc43)cc2)cc1. The topological polar surface area (TPSA) is 194 Å². The molecule has 0 atom stereocenters. The number of benzene rings is 4. The number of sulfonamides is 1. The predicted octanol–water partition coefficient (Wildman–Crippen LogP) is 4.67. The van der Waals surface area contributed by atoms with E-state index in [4.69, 9.17) is 15.9 Å². The fourth-order valence-electron chi connectivity index (χ4n) is 4.91. The number of aromatic nitrogens is 2. The van der Waals surface area contributed by atoms with Crippen LogP contribution < -0.4 is 15.8 Å². The molecule has 13 heteroatoms. The van der Waals surface area contributed by atoms with Crippen molar-refractivity contribution in [2.45, 2.75) is 38.1 Å². The molecule has 4 aromatic carbocycles. The lowest BCUT2D eigenvalue weighted by Crippen LogP contribution is -2.40. The van der Waals surface area contributed by atoms with E-state index in [1.807, 2.05) is 57.8 Å². The van der Waals surface area contributed by atoms with Gasteiger partial charge in [0.1, 0.15) is 6.33 Å². The zero-order chi connectivity index (χ0) is 34.1. The fourth-order valence-corrected chi connectivity index (χ4v) is 5.84. The second kappa shape index (κ2) is 15.2. The Labute approximate surface area is 271 Å². The van der Waals surface area contributed by atoms with E-state index in [-0.39, 0.29) is 16.0 Å². The zero-order valence-electron chi connectivity index (χ0n) is 25.8. The molecule has 0 aliphatic carbocycles. The number of nitrogens with two attached hydrogens (primary N) is 1. The number of nitrogens with one attached hydrogen (secondary N) is 2. The summed E-state index contributed by atoms with van der Waals surface area (Å²) in [6, 6.07) is 24.1. The van der Waals surface area contributed by atoms with E-state index in [1.54, 1.807) is 32.3 Å². The molecule has 6 N–H and O–H groups in total. The Morgan fingerprint density at radius 1 is 0.872 bits per heavy atom. The van der Waals surface area contributed by atoms with Crippen molar-refractivity contribution < 1.29 is 33.0 Å². The molecule has 12 nitrogen and oxygen atoms in total. The summed E-state index contributed by atoms with van der Waals surface area (Å²) in [6.07, 6.45) is 2.74. The molecule has 0 bridgehead atoms. The van der Waals surface area contributed by atoms with Crippen LogP contribution in [0.25, 0.3) is 16.7 Å². The van der Waals surface area contributed by atoms with Gasteiger partial charge in [-0.05, 0) is 90.6 Å². The number of fused-ring (bicyclic) bond motifs is 1. The van der Waals surface area contributed by atoms with Gasteiger partial charge in [-0.3, -0.25) is 4.57 Å². The largest absolute Gasteiger partial charge is 0.478 e. The number of rotatable bonds is 10. The highest BCUT2D eigenvalue weighted by Gasteiger charge is 2.18. The van der Waals surface area contributed by atoms with Crippen LogP contribution in [-0.4, -0.2) is 52.7 Å². The monoisotopic (exact) mass is 657 g/mol. The van der Waals surface area contributed by atoms with E-state index < -0.39 is 28.0 Å². The Balaban J connectivity index is 0.000000280. The molecule has 244 valence electrons. The minimum Gasteiger partial charge on any atom is -0.478 e. The normalized spacial score (nSPS) is 11.0. The lowest BCUT2D eigenvalue weighted by atomic mass is 9.96. The second-order valence-electron chi connectivity index (χ2n) is 10.5. The molecule has 0 saturated carbocycles. The number of amides is 2. The Kier molecular flexibility index (Phi) is 11.1. The van der Waals surface area contributed by atoms with E-state index in [0.717, 1.165) is 27.8 Å². The molecule has 0 fully saturated rings. The van der Waals surface area contributed by atoms with Crippen LogP contribution in [0.5, 0.6) is 0 Å². The first-order chi connectivity index (χ1) is 22.4. The van der Waals surface area contributed by atoms with Gasteiger partial charge in [-0.25, -0.2) is 32.5 Å². The van der Waals surface area contributed by atoms with Gasteiger partial charge in [-0.15, -0.1) is 0 Å². The molecule has 47 heavy (non-hydrogen) atoms. The third-order valence-electron chi connectivity index (χ3n) is 7.27. The summed E-state index contributed by atoms with van der Waals surface area (Å²) in [7, 11) is -3.94. The van der Waals surface area contributed by atoms with Crippen LogP contribution in [0, 0.1) is 6.92 Å². The summed E-state index contributed by atoms with van der Waals surface area (Å²) in [4.78, 5) is 38.3. The quantitative estimate of drug-likeness (QED) is 0.142. The third kappa shape index (κ3) is 8.60. The number of hydrogen-bond acceptors (Lipinski definition) is 7. The summed E-state index contributed by atoms with van der Waals surface area (Å²) < 4.78 is 28.6. The maximum atomic E-state index is 12.3. The van der Waals surface area contributed by atoms with Crippen molar-refractivity contribution in [1.82, 2.24) is 19.6 Å². The number of carboxylic acids is 2. The number of imidazole rings is 1. The highest BCUT2D eigenvalue weighted by molar-refractivity contribution is 7.90. The number of carboxylic acid groups (broad SMARTS) is 2. The molecule has 5 rings (SSSR count). The van der Waals surface area contributed by atoms with Gasteiger partial charge in [0.05, 0.1) is 27.1 Å². The average molecular weight is 658 g/mol. The Bertz CT molecular complexity index is 1970. The smallest absolute Gasteiger partial charge is 0.335 e. The van der Waals surface area contributed by atoms with Crippen LogP contribution in [0.4, 0.5) is 4.79 Å². The first-order valence-corrected chi connectivity index (χ1v) is 16.1.